The van der Waals surface area contributed by atoms with Gasteiger partial charge in [0.05, 0.1) is 5.56 Å². The lowest BCUT2D eigenvalue weighted by molar-refractivity contribution is -0.114. The molecule has 2 aromatic heterocycles. The Hall–Kier alpha value is -3.55. The number of anilines is 2. The van der Waals surface area contributed by atoms with Crippen LogP contribution in [-0.4, -0.2) is 60.5 Å². The Morgan fingerprint density at radius 1 is 1.22 bits per heavy atom. The third-order valence-corrected chi connectivity index (χ3v) is 6.44. The molecule has 5 rings (SSSR count). The third-order valence-electron chi connectivity index (χ3n) is 6.44. The highest BCUT2D eigenvalue weighted by atomic mass is 16.2. The minimum Gasteiger partial charge on any atom is -0.362 e. The first-order chi connectivity index (χ1) is 15.4. The van der Waals surface area contributed by atoms with E-state index in [1.165, 1.54) is 6.34 Å². The number of carbonyl (C=O) groups excluding carboxylic acids is 1. The number of hydrogen-bond donors (Lipinski definition) is 1. The van der Waals surface area contributed by atoms with Gasteiger partial charge in [0.25, 0.3) is 5.91 Å². The van der Waals surface area contributed by atoms with Gasteiger partial charge in [0.15, 0.2) is 0 Å². The number of aliphatic imine (C=N–C) groups is 2. The lowest BCUT2D eigenvalue weighted by Crippen LogP contribution is -2.68. The number of hydrogen-bond acceptors (Lipinski definition) is 6. The van der Waals surface area contributed by atoms with E-state index in [0.29, 0.717) is 23.0 Å². The molecule has 3 fully saturated rings. The topological polar surface area (TPSA) is 86.1 Å². The summed E-state index contributed by atoms with van der Waals surface area (Å²) in [6, 6.07) is 5.74. The summed E-state index contributed by atoms with van der Waals surface area (Å²) in [6.45, 7) is 5.27. The van der Waals surface area contributed by atoms with Crippen molar-refractivity contribution in [3.8, 4) is 11.1 Å². The summed E-state index contributed by atoms with van der Waals surface area (Å²) in [5.41, 5.74) is 2.43. The molecule has 0 atom stereocenters. The van der Waals surface area contributed by atoms with E-state index in [4.69, 9.17) is 0 Å². The van der Waals surface area contributed by atoms with Crippen LogP contribution in [0.5, 0.6) is 0 Å². The van der Waals surface area contributed by atoms with E-state index < -0.39 is 0 Å². The lowest BCUT2D eigenvalue weighted by atomic mass is 9.49. The Bertz CT molecular complexity index is 1090. The van der Waals surface area contributed by atoms with Crippen LogP contribution in [0.3, 0.4) is 0 Å². The number of nitrogens with one attached hydrogen (secondary N) is 1. The van der Waals surface area contributed by atoms with Gasteiger partial charge in [-0.3, -0.25) is 9.79 Å². The van der Waals surface area contributed by atoms with Crippen molar-refractivity contribution in [3.05, 3.63) is 48.1 Å². The van der Waals surface area contributed by atoms with Crippen molar-refractivity contribution in [2.45, 2.75) is 31.7 Å². The highest BCUT2D eigenvalue weighted by Gasteiger charge is 2.60. The predicted molar refractivity (Wildman–Crippen MR) is 129 cm³/mol. The number of aromatic nitrogens is 2. The molecule has 0 spiro atoms. The summed E-state index contributed by atoms with van der Waals surface area (Å²) in [5.74, 6) is 2.74. The number of carbonyl (C=O) groups is 1. The highest BCUT2D eigenvalue weighted by Crippen LogP contribution is 2.60. The fourth-order valence-corrected chi connectivity index (χ4v) is 4.46. The number of amides is 1. The van der Waals surface area contributed by atoms with E-state index in [9.17, 15) is 4.79 Å². The van der Waals surface area contributed by atoms with Crippen LogP contribution in [0.25, 0.3) is 11.1 Å². The Morgan fingerprint density at radius 3 is 2.56 bits per heavy atom. The Balaban J connectivity index is 1.64. The summed E-state index contributed by atoms with van der Waals surface area (Å²) < 4.78 is 0. The van der Waals surface area contributed by atoms with Gasteiger partial charge in [0, 0.05) is 44.6 Å². The van der Waals surface area contributed by atoms with Crippen molar-refractivity contribution >= 4 is 30.6 Å². The summed E-state index contributed by atoms with van der Waals surface area (Å²) >= 11 is 0. The molecule has 3 saturated carbocycles. The van der Waals surface area contributed by atoms with E-state index in [2.05, 4.69) is 32.0 Å². The molecule has 2 heterocycles. The van der Waals surface area contributed by atoms with E-state index >= 15 is 0 Å². The molecule has 2 bridgehead atoms. The normalized spacial score (nSPS) is 21.5. The molecule has 0 radical (unpaired) electrons. The summed E-state index contributed by atoms with van der Waals surface area (Å²) in [5, 5.41) is 3.16. The summed E-state index contributed by atoms with van der Waals surface area (Å²) in [6.07, 6.45) is 10.1. The number of pyridine rings is 2. The van der Waals surface area contributed by atoms with Crippen LogP contribution in [0.1, 0.15) is 36.5 Å². The van der Waals surface area contributed by atoms with Crippen molar-refractivity contribution in [2.24, 2.45) is 15.9 Å². The molecule has 166 valence electrons. The van der Waals surface area contributed by atoms with Gasteiger partial charge in [-0.1, -0.05) is 0 Å². The van der Waals surface area contributed by atoms with Gasteiger partial charge in [-0.25, -0.2) is 15.0 Å². The van der Waals surface area contributed by atoms with Gasteiger partial charge < -0.3 is 15.1 Å². The number of nitrogens with zero attached hydrogens (tertiary/aromatic N) is 6. The molecule has 8 heteroatoms. The fraction of sp³-hybridized carbons (Fsp3) is 0.375. The molecule has 32 heavy (non-hydrogen) atoms. The fourth-order valence-electron chi connectivity index (χ4n) is 4.46. The molecule has 3 aliphatic carbocycles. The molecule has 0 aromatic carbocycles. The first-order valence-electron chi connectivity index (χ1n) is 10.7. The maximum absolute atomic E-state index is 13.5. The summed E-state index contributed by atoms with van der Waals surface area (Å²) in [4.78, 5) is 34.1. The van der Waals surface area contributed by atoms with E-state index in [1.807, 2.05) is 62.1 Å². The lowest BCUT2D eigenvalue weighted by Gasteiger charge is -2.65. The Labute approximate surface area is 188 Å². The van der Waals surface area contributed by atoms with Crippen molar-refractivity contribution in [1.82, 2.24) is 14.9 Å². The molecule has 0 unspecified atom stereocenters. The van der Waals surface area contributed by atoms with Gasteiger partial charge in [0.1, 0.15) is 23.8 Å². The highest BCUT2D eigenvalue weighted by molar-refractivity contribution is 6.00. The number of allylic oxidation sites excluding steroid dienone is 1. The molecule has 2 aromatic rings. The van der Waals surface area contributed by atoms with Crippen LogP contribution >= 0.6 is 0 Å². The first kappa shape index (κ1) is 21.7. The van der Waals surface area contributed by atoms with Crippen LogP contribution in [0, 0.1) is 5.92 Å². The van der Waals surface area contributed by atoms with Crippen LogP contribution in [-0.2, 0) is 0 Å². The zero-order valence-corrected chi connectivity index (χ0v) is 19.0. The zero-order chi connectivity index (χ0) is 22.9. The average Bonchev–Trinajstić information content (AvgIpc) is 2.73. The van der Waals surface area contributed by atoms with Gasteiger partial charge in [-0.15, -0.1) is 0 Å². The molecule has 0 aliphatic heterocycles. The molecule has 1 N–H and O–H groups in total. The SMILES string of the molecule is C=NC=N/C(=C\C)Nc1cc(-c2cnc(N(C)C)c(C(=O)N(C)C34CC(C3)C4)c2)ccn1. The monoisotopic (exact) mass is 431 g/mol. The Morgan fingerprint density at radius 2 is 1.97 bits per heavy atom. The molecular formula is C24H29N7O. The minimum absolute atomic E-state index is 0.0241. The smallest absolute Gasteiger partial charge is 0.257 e. The maximum atomic E-state index is 13.5. The van der Waals surface area contributed by atoms with E-state index in [1.54, 1.807) is 12.4 Å². The van der Waals surface area contributed by atoms with Crippen molar-refractivity contribution in [2.75, 3.05) is 31.4 Å². The van der Waals surface area contributed by atoms with Crippen molar-refractivity contribution < 1.29 is 4.79 Å². The molecule has 0 saturated heterocycles. The van der Waals surface area contributed by atoms with Crippen molar-refractivity contribution in [3.63, 3.8) is 0 Å². The molecule has 1 amide bonds. The van der Waals surface area contributed by atoms with Gasteiger partial charge >= 0.3 is 0 Å². The van der Waals surface area contributed by atoms with E-state index in [-0.39, 0.29) is 11.4 Å². The van der Waals surface area contributed by atoms with E-state index in [0.717, 1.165) is 36.3 Å². The van der Waals surface area contributed by atoms with Gasteiger partial charge in [0.2, 0.25) is 0 Å². The van der Waals surface area contributed by atoms with Crippen LogP contribution < -0.4 is 10.2 Å². The van der Waals surface area contributed by atoms with Gasteiger partial charge in [-0.2, -0.15) is 0 Å². The van der Waals surface area contributed by atoms with Crippen molar-refractivity contribution in [1.29, 1.82) is 0 Å². The molecular weight excluding hydrogens is 402 g/mol. The summed E-state index contributed by atoms with van der Waals surface area (Å²) in [7, 11) is 5.74. The third kappa shape index (κ3) is 3.88. The minimum atomic E-state index is 0.0241. The largest absolute Gasteiger partial charge is 0.362 e. The average molecular weight is 432 g/mol. The quantitative estimate of drug-likeness (QED) is 0.507. The predicted octanol–water partition coefficient (Wildman–Crippen LogP) is 3.84. The number of rotatable bonds is 8. The second-order valence-electron chi connectivity index (χ2n) is 8.71. The van der Waals surface area contributed by atoms with Crippen LogP contribution in [0.15, 0.2) is 52.5 Å². The zero-order valence-electron chi connectivity index (χ0n) is 19.0. The Kier molecular flexibility index (Phi) is 5.78. The first-order valence-corrected chi connectivity index (χ1v) is 10.7. The standard InChI is InChI=1S/C24H29N7O/c1-6-20(28-15-25-2)29-21-10-17(7-8-26-21)18-9-19(22(27-14-18)30(3)4)23(32)31(5)24-11-16(12-24)13-24/h6-10,14-16H,2,11-13H2,1,3-5H3,(H,26,29)/b20-6+,28-15?. The van der Waals surface area contributed by atoms with Crippen LogP contribution in [0.2, 0.25) is 0 Å². The second-order valence-corrected chi connectivity index (χ2v) is 8.71. The van der Waals surface area contributed by atoms with Crippen LogP contribution in [0.4, 0.5) is 11.6 Å². The molecule has 8 nitrogen and oxygen atoms in total. The molecule has 3 aliphatic rings. The van der Waals surface area contributed by atoms with Gasteiger partial charge in [-0.05, 0) is 68.7 Å². The second kappa shape index (κ2) is 8.53. The maximum Gasteiger partial charge on any atom is 0.257 e.